The number of ether oxygens (including phenoxy) is 1. The molecular formula is C11H13NO4. The number of allylic oxidation sites excluding steroid dienone is 1. The van der Waals surface area contributed by atoms with Crippen molar-refractivity contribution in [3.63, 3.8) is 0 Å². The number of hydrogen-bond donors (Lipinski definition) is 0. The Morgan fingerprint density at radius 3 is 2.50 bits per heavy atom. The molecule has 0 radical (unpaired) electrons. The van der Waals surface area contributed by atoms with Gasteiger partial charge >= 0.3 is 5.97 Å². The molecule has 86 valence electrons. The van der Waals surface area contributed by atoms with Crippen LogP contribution in [0, 0.1) is 0 Å². The van der Waals surface area contributed by atoms with Crippen LogP contribution in [0.1, 0.15) is 21.1 Å². The molecule has 0 fully saturated rings. The molecule has 0 unspecified atom stereocenters. The van der Waals surface area contributed by atoms with E-state index in [0.29, 0.717) is 0 Å². The highest BCUT2D eigenvalue weighted by atomic mass is 16.5. The maximum atomic E-state index is 11.5. The Bertz CT molecular complexity index is 417. The molecule has 0 aliphatic rings. The predicted molar refractivity (Wildman–Crippen MR) is 57.2 cm³/mol. The van der Waals surface area contributed by atoms with Crippen LogP contribution in [0.5, 0.6) is 0 Å². The Balaban J connectivity index is 2.78. The Morgan fingerprint density at radius 2 is 1.94 bits per heavy atom. The van der Waals surface area contributed by atoms with E-state index in [9.17, 15) is 9.59 Å². The van der Waals surface area contributed by atoms with E-state index < -0.39 is 5.97 Å². The van der Waals surface area contributed by atoms with Crippen molar-refractivity contribution in [3.05, 3.63) is 35.9 Å². The van der Waals surface area contributed by atoms with E-state index in [4.69, 9.17) is 4.42 Å². The number of methoxy groups -OCH3 is 1. The standard InChI is InChI=1S/C11H13NO4/c1-12(2)7-6-8(13)9-4-5-10(16-9)11(14)15-3/h4-7H,1-3H3. The lowest BCUT2D eigenvalue weighted by atomic mass is 10.3. The molecule has 0 N–H and O–H groups in total. The van der Waals surface area contributed by atoms with Crippen LogP contribution in [0.4, 0.5) is 0 Å². The molecule has 5 nitrogen and oxygen atoms in total. The highest BCUT2D eigenvalue weighted by Crippen LogP contribution is 2.10. The Kier molecular flexibility index (Phi) is 3.88. The van der Waals surface area contributed by atoms with Gasteiger partial charge in [0.1, 0.15) is 0 Å². The van der Waals surface area contributed by atoms with Crippen molar-refractivity contribution in [2.75, 3.05) is 21.2 Å². The van der Waals surface area contributed by atoms with Gasteiger partial charge in [0.15, 0.2) is 5.76 Å². The molecule has 1 aromatic rings. The van der Waals surface area contributed by atoms with Gasteiger partial charge in [-0.15, -0.1) is 0 Å². The SMILES string of the molecule is COC(=O)c1ccc(C(=O)C=CN(C)C)o1. The second-order valence-electron chi connectivity index (χ2n) is 3.30. The molecule has 0 spiro atoms. The third-order valence-electron chi connectivity index (χ3n) is 1.76. The lowest BCUT2D eigenvalue weighted by Gasteiger charge is -2.01. The minimum Gasteiger partial charge on any atom is -0.463 e. The summed E-state index contributed by atoms with van der Waals surface area (Å²) in [5.41, 5.74) is 0. The molecule has 1 rings (SSSR count). The van der Waals surface area contributed by atoms with E-state index >= 15 is 0 Å². The average molecular weight is 223 g/mol. The van der Waals surface area contributed by atoms with Crippen LogP contribution >= 0.6 is 0 Å². The molecule has 0 amide bonds. The first kappa shape index (κ1) is 12.0. The van der Waals surface area contributed by atoms with Crippen LogP contribution in [0.25, 0.3) is 0 Å². The summed E-state index contributed by atoms with van der Waals surface area (Å²) in [4.78, 5) is 24.3. The van der Waals surface area contributed by atoms with E-state index in [0.717, 1.165) is 0 Å². The van der Waals surface area contributed by atoms with Crippen molar-refractivity contribution in [1.29, 1.82) is 0 Å². The van der Waals surface area contributed by atoms with Gasteiger partial charge in [-0.05, 0) is 12.1 Å². The first-order chi connectivity index (χ1) is 7.54. The Hall–Kier alpha value is -2.04. The summed E-state index contributed by atoms with van der Waals surface area (Å²) in [6.45, 7) is 0. The van der Waals surface area contributed by atoms with Crippen LogP contribution in [-0.4, -0.2) is 37.9 Å². The fourth-order valence-electron chi connectivity index (χ4n) is 0.980. The van der Waals surface area contributed by atoms with Gasteiger partial charge in [0.05, 0.1) is 7.11 Å². The van der Waals surface area contributed by atoms with Crippen LogP contribution < -0.4 is 0 Å². The highest BCUT2D eigenvalue weighted by molar-refractivity contribution is 6.03. The van der Waals surface area contributed by atoms with Gasteiger partial charge in [0.2, 0.25) is 11.5 Å². The molecule has 0 saturated carbocycles. The fraction of sp³-hybridized carbons (Fsp3) is 0.273. The summed E-state index contributed by atoms with van der Waals surface area (Å²) < 4.78 is 9.49. The number of ketones is 1. The van der Waals surface area contributed by atoms with Crippen LogP contribution in [0.15, 0.2) is 28.8 Å². The fourth-order valence-corrected chi connectivity index (χ4v) is 0.980. The number of hydrogen-bond acceptors (Lipinski definition) is 5. The quantitative estimate of drug-likeness (QED) is 0.437. The van der Waals surface area contributed by atoms with Gasteiger partial charge in [-0.1, -0.05) is 0 Å². The molecule has 16 heavy (non-hydrogen) atoms. The average Bonchev–Trinajstić information content (AvgIpc) is 2.74. The first-order valence-corrected chi connectivity index (χ1v) is 4.61. The minimum atomic E-state index is -0.601. The minimum absolute atomic E-state index is 0.0177. The lowest BCUT2D eigenvalue weighted by molar-refractivity contribution is 0.0563. The molecule has 0 atom stereocenters. The van der Waals surface area contributed by atoms with E-state index in [2.05, 4.69) is 4.74 Å². The molecule has 0 saturated heterocycles. The summed E-state index contributed by atoms with van der Waals surface area (Å²) in [5, 5.41) is 0. The summed E-state index contributed by atoms with van der Waals surface area (Å²) in [7, 11) is 4.84. The molecule has 5 heteroatoms. The number of rotatable bonds is 4. The van der Waals surface area contributed by atoms with Crippen molar-refractivity contribution in [2.24, 2.45) is 0 Å². The van der Waals surface area contributed by atoms with Gasteiger partial charge in [-0.2, -0.15) is 0 Å². The Labute approximate surface area is 93.3 Å². The Morgan fingerprint density at radius 1 is 1.31 bits per heavy atom. The third kappa shape index (κ3) is 2.98. The summed E-state index contributed by atoms with van der Waals surface area (Å²) in [6.07, 6.45) is 2.96. The molecule has 0 aliphatic heterocycles. The van der Waals surface area contributed by atoms with Crippen LogP contribution in [-0.2, 0) is 4.74 Å². The normalized spacial score (nSPS) is 10.4. The van der Waals surface area contributed by atoms with Crippen LogP contribution in [0.3, 0.4) is 0 Å². The first-order valence-electron chi connectivity index (χ1n) is 4.61. The van der Waals surface area contributed by atoms with Crippen molar-refractivity contribution in [2.45, 2.75) is 0 Å². The maximum Gasteiger partial charge on any atom is 0.373 e. The van der Waals surface area contributed by atoms with E-state index in [1.807, 2.05) is 0 Å². The predicted octanol–water partition coefficient (Wildman–Crippen LogP) is 1.32. The molecule has 0 aliphatic carbocycles. The largest absolute Gasteiger partial charge is 0.463 e. The van der Waals surface area contributed by atoms with Gasteiger partial charge in [-0.25, -0.2) is 4.79 Å². The number of carbonyl (C=O) groups excluding carboxylic acids is 2. The van der Waals surface area contributed by atoms with E-state index in [-0.39, 0.29) is 17.3 Å². The van der Waals surface area contributed by atoms with Gasteiger partial charge < -0.3 is 14.1 Å². The molecule has 0 aromatic carbocycles. The van der Waals surface area contributed by atoms with Gasteiger partial charge in [-0.3, -0.25) is 4.79 Å². The van der Waals surface area contributed by atoms with Gasteiger partial charge in [0, 0.05) is 26.4 Å². The number of carbonyl (C=O) groups is 2. The molecule has 0 bridgehead atoms. The highest BCUT2D eigenvalue weighted by Gasteiger charge is 2.14. The summed E-state index contributed by atoms with van der Waals surface area (Å²) in [6, 6.07) is 2.84. The van der Waals surface area contributed by atoms with Crippen molar-refractivity contribution in [1.82, 2.24) is 4.90 Å². The zero-order chi connectivity index (χ0) is 12.1. The number of nitrogens with zero attached hydrogens (tertiary/aromatic N) is 1. The van der Waals surface area contributed by atoms with Crippen molar-refractivity contribution < 1.29 is 18.7 Å². The second-order valence-corrected chi connectivity index (χ2v) is 3.30. The van der Waals surface area contributed by atoms with E-state index in [1.165, 1.54) is 25.3 Å². The molecule has 1 aromatic heterocycles. The summed E-state index contributed by atoms with van der Waals surface area (Å²) >= 11 is 0. The lowest BCUT2D eigenvalue weighted by Crippen LogP contribution is -2.03. The zero-order valence-electron chi connectivity index (χ0n) is 9.39. The van der Waals surface area contributed by atoms with Crippen molar-refractivity contribution in [3.8, 4) is 0 Å². The smallest absolute Gasteiger partial charge is 0.373 e. The van der Waals surface area contributed by atoms with Crippen LogP contribution in [0.2, 0.25) is 0 Å². The topological polar surface area (TPSA) is 59.8 Å². The zero-order valence-corrected chi connectivity index (χ0v) is 9.39. The number of furan rings is 1. The molecule has 1 heterocycles. The third-order valence-corrected chi connectivity index (χ3v) is 1.76. The van der Waals surface area contributed by atoms with Crippen molar-refractivity contribution >= 4 is 11.8 Å². The van der Waals surface area contributed by atoms with E-state index in [1.54, 1.807) is 25.2 Å². The summed E-state index contributed by atoms with van der Waals surface area (Å²) in [5.74, 6) is -0.776. The molecular weight excluding hydrogens is 210 g/mol. The second kappa shape index (κ2) is 5.16. The number of esters is 1. The van der Waals surface area contributed by atoms with Gasteiger partial charge in [0.25, 0.3) is 0 Å². The maximum absolute atomic E-state index is 11.5. The monoisotopic (exact) mass is 223 g/mol.